The molecule has 1 aromatic rings. The normalized spacial score (nSPS) is 10.1. The average molecular weight is 163 g/mol. The van der Waals surface area contributed by atoms with Gasteiger partial charge >= 0.3 is 0 Å². The molecule has 0 aliphatic carbocycles. The van der Waals surface area contributed by atoms with E-state index in [9.17, 15) is 0 Å². The van der Waals surface area contributed by atoms with E-state index in [-0.39, 0.29) is 6.61 Å². The number of halogens is 1. The molecule has 1 rings (SSSR count). The summed E-state index contributed by atoms with van der Waals surface area (Å²) in [5.41, 5.74) is 1.05. The van der Waals surface area contributed by atoms with Crippen molar-refractivity contribution in [3.63, 3.8) is 0 Å². The minimum atomic E-state index is 0.0529. The summed E-state index contributed by atoms with van der Waals surface area (Å²) < 4.78 is 0. The Morgan fingerprint density at radius 3 is 2.67 bits per heavy atom. The van der Waals surface area contributed by atoms with Gasteiger partial charge < -0.3 is 5.11 Å². The van der Waals surface area contributed by atoms with Crippen LogP contribution in [0.25, 0.3) is 0 Å². The summed E-state index contributed by atoms with van der Waals surface area (Å²) in [4.78, 5) is 0.856. The van der Waals surface area contributed by atoms with E-state index in [2.05, 4.69) is 0 Å². The summed E-state index contributed by atoms with van der Waals surface area (Å²) in [6.45, 7) is 1.98. The molecule has 0 aromatic carbocycles. The van der Waals surface area contributed by atoms with E-state index in [1.54, 1.807) is 0 Å². The Labute approximate surface area is 62.9 Å². The van der Waals surface area contributed by atoms with Gasteiger partial charge in [0.25, 0.3) is 0 Å². The SMILES string of the molecule is Cc1csc(CO)c1Cl. The van der Waals surface area contributed by atoms with Crippen molar-refractivity contribution in [2.75, 3.05) is 0 Å². The van der Waals surface area contributed by atoms with Crippen molar-refractivity contribution in [1.29, 1.82) is 0 Å². The molecule has 0 aliphatic heterocycles. The van der Waals surface area contributed by atoms with Crippen LogP contribution in [0.15, 0.2) is 5.38 Å². The standard InChI is InChI=1S/C6H7ClOS/c1-4-3-9-5(2-8)6(4)7/h3,8H,2H2,1H3. The maximum atomic E-state index is 8.66. The molecule has 0 aliphatic rings. The van der Waals surface area contributed by atoms with Crippen LogP contribution in [-0.2, 0) is 6.61 Å². The Hall–Kier alpha value is -0.0500. The largest absolute Gasteiger partial charge is 0.391 e. The molecule has 1 nitrogen and oxygen atoms in total. The summed E-state index contributed by atoms with van der Waals surface area (Å²) in [6.07, 6.45) is 0. The highest BCUT2D eigenvalue weighted by Crippen LogP contribution is 2.26. The van der Waals surface area contributed by atoms with Gasteiger partial charge in [0.2, 0.25) is 0 Å². The first-order valence-electron chi connectivity index (χ1n) is 2.59. The fourth-order valence-corrected chi connectivity index (χ4v) is 1.68. The number of thiophene rings is 1. The molecular formula is C6H7ClOS. The molecule has 0 spiro atoms. The van der Waals surface area contributed by atoms with E-state index in [0.717, 1.165) is 10.4 Å². The zero-order valence-electron chi connectivity index (χ0n) is 5.02. The third-order valence-corrected chi connectivity index (χ3v) is 2.84. The number of aliphatic hydroxyl groups is 1. The lowest BCUT2D eigenvalue weighted by Crippen LogP contribution is -1.75. The second kappa shape index (κ2) is 2.69. The molecule has 0 amide bonds. The van der Waals surface area contributed by atoms with Crippen LogP contribution in [0.5, 0.6) is 0 Å². The van der Waals surface area contributed by atoms with E-state index >= 15 is 0 Å². The molecule has 1 aromatic heterocycles. The van der Waals surface area contributed by atoms with Gasteiger partial charge in [-0.1, -0.05) is 11.6 Å². The fraction of sp³-hybridized carbons (Fsp3) is 0.333. The van der Waals surface area contributed by atoms with Gasteiger partial charge in [-0.05, 0) is 17.9 Å². The second-order valence-electron chi connectivity index (χ2n) is 1.81. The van der Waals surface area contributed by atoms with Crippen LogP contribution in [0.4, 0.5) is 0 Å². The Morgan fingerprint density at radius 1 is 1.78 bits per heavy atom. The number of hydrogen-bond donors (Lipinski definition) is 1. The molecule has 0 bridgehead atoms. The lowest BCUT2D eigenvalue weighted by atomic mass is 10.3. The first-order valence-corrected chi connectivity index (χ1v) is 3.84. The zero-order chi connectivity index (χ0) is 6.85. The summed E-state index contributed by atoms with van der Waals surface area (Å²) in [5, 5.41) is 11.3. The Kier molecular flexibility index (Phi) is 2.11. The molecule has 1 N–H and O–H groups in total. The molecule has 3 heteroatoms. The number of aliphatic hydroxyl groups excluding tert-OH is 1. The quantitative estimate of drug-likeness (QED) is 0.672. The molecule has 0 saturated heterocycles. The molecule has 0 radical (unpaired) electrons. The maximum Gasteiger partial charge on any atom is 0.0789 e. The molecule has 50 valence electrons. The topological polar surface area (TPSA) is 20.2 Å². The maximum absolute atomic E-state index is 8.66. The van der Waals surface area contributed by atoms with E-state index in [4.69, 9.17) is 16.7 Å². The van der Waals surface area contributed by atoms with Crippen LogP contribution in [0.1, 0.15) is 10.4 Å². The van der Waals surface area contributed by atoms with Gasteiger partial charge in [-0.2, -0.15) is 0 Å². The summed E-state index contributed by atoms with van der Waals surface area (Å²) in [5.74, 6) is 0. The predicted molar refractivity (Wildman–Crippen MR) is 40.0 cm³/mol. The lowest BCUT2D eigenvalue weighted by Gasteiger charge is -1.88. The highest BCUT2D eigenvalue weighted by atomic mass is 35.5. The smallest absolute Gasteiger partial charge is 0.0789 e. The number of rotatable bonds is 1. The van der Waals surface area contributed by atoms with Crippen LogP contribution < -0.4 is 0 Å². The van der Waals surface area contributed by atoms with E-state index in [1.807, 2.05) is 12.3 Å². The van der Waals surface area contributed by atoms with Crippen molar-refractivity contribution in [2.24, 2.45) is 0 Å². The van der Waals surface area contributed by atoms with Gasteiger partial charge in [0.1, 0.15) is 0 Å². The van der Waals surface area contributed by atoms with Crippen LogP contribution >= 0.6 is 22.9 Å². The first kappa shape index (κ1) is 7.06. The van der Waals surface area contributed by atoms with Crippen molar-refractivity contribution in [1.82, 2.24) is 0 Å². The van der Waals surface area contributed by atoms with E-state index in [1.165, 1.54) is 11.3 Å². The van der Waals surface area contributed by atoms with Gasteiger partial charge in [-0.15, -0.1) is 11.3 Å². The van der Waals surface area contributed by atoms with E-state index in [0.29, 0.717) is 5.02 Å². The van der Waals surface area contributed by atoms with Gasteiger partial charge in [0, 0.05) is 4.88 Å². The number of aryl methyl sites for hydroxylation is 1. The molecule has 0 fully saturated rings. The highest BCUT2D eigenvalue weighted by molar-refractivity contribution is 7.10. The average Bonchev–Trinajstić information content (AvgIpc) is 2.15. The zero-order valence-corrected chi connectivity index (χ0v) is 6.59. The molecule has 0 unspecified atom stereocenters. The van der Waals surface area contributed by atoms with Crippen LogP contribution in [0.3, 0.4) is 0 Å². The molecule has 9 heavy (non-hydrogen) atoms. The van der Waals surface area contributed by atoms with Crippen molar-refractivity contribution in [3.8, 4) is 0 Å². The number of hydrogen-bond acceptors (Lipinski definition) is 2. The van der Waals surface area contributed by atoms with Crippen LogP contribution in [-0.4, -0.2) is 5.11 Å². The summed E-state index contributed by atoms with van der Waals surface area (Å²) >= 11 is 7.25. The molecule has 0 saturated carbocycles. The minimum absolute atomic E-state index is 0.0529. The van der Waals surface area contributed by atoms with E-state index < -0.39 is 0 Å². The third-order valence-electron chi connectivity index (χ3n) is 1.11. The first-order chi connectivity index (χ1) is 4.25. The highest BCUT2D eigenvalue weighted by Gasteiger charge is 2.02. The molecule has 0 atom stereocenters. The third kappa shape index (κ3) is 1.26. The molecule has 1 heterocycles. The fourth-order valence-electron chi connectivity index (χ4n) is 0.590. The summed E-state index contributed by atoms with van der Waals surface area (Å²) in [6, 6.07) is 0. The van der Waals surface area contributed by atoms with Crippen molar-refractivity contribution < 1.29 is 5.11 Å². The monoisotopic (exact) mass is 162 g/mol. The van der Waals surface area contributed by atoms with Gasteiger partial charge in [-0.3, -0.25) is 0 Å². The summed E-state index contributed by atoms with van der Waals surface area (Å²) in [7, 11) is 0. The molecular weight excluding hydrogens is 156 g/mol. The van der Waals surface area contributed by atoms with Gasteiger partial charge in [0.05, 0.1) is 11.6 Å². The van der Waals surface area contributed by atoms with Crippen LogP contribution in [0, 0.1) is 6.92 Å². The van der Waals surface area contributed by atoms with Gasteiger partial charge in [-0.25, -0.2) is 0 Å². The lowest BCUT2D eigenvalue weighted by molar-refractivity contribution is 0.285. The van der Waals surface area contributed by atoms with Crippen molar-refractivity contribution in [3.05, 3.63) is 20.8 Å². The second-order valence-corrected chi connectivity index (χ2v) is 3.16. The van der Waals surface area contributed by atoms with Gasteiger partial charge in [0.15, 0.2) is 0 Å². The Balaban J connectivity index is 3.04. The Bertz CT molecular complexity index is 207. The van der Waals surface area contributed by atoms with Crippen LogP contribution in [0.2, 0.25) is 5.02 Å². The predicted octanol–water partition coefficient (Wildman–Crippen LogP) is 2.20. The van der Waals surface area contributed by atoms with Crippen molar-refractivity contribution >= 4 is 22.9 Å². The van der Waals surface area contributed by atoms with Crippen molar-refractivity contribution in [2.45, 2.75) is 13.5 Å². The minimum Gasteiger partial charge on any atom is -0.391 e. The Morgan fingerprint density at radius 2 is 2.44 bits per heavy atom.